The van der Waals surface area contributed by atoms with Gasteiger partial charge in [-0.1, -0.05) is 37.6 Å². The van der Waals surface area contributed by atoms with Crippen LogP contribution in [0.4, 0.5) is 5.82 Å². The van der Waals surface area contributed by atoms with Gasteiger partial charge < -0.3 is 9.47 Å². The van der Waals surface area contributed by atoms with Crippen LogP contribution < -0.4 is 14.2 Å². The molecule has 1 aromatic heterocycles. The molecule has 0 saturated heterocycles. The molecule has 0 saturated carbocycles. The predicted octanol–water partition coefficient (Wildman–Crippen LogP) is 4.90. The standard InChI is InChI=1S/C24H24Cl2N4O4S/c1-24(2,18-12-16(14-27)22(20(26)13-18)33-11-8-25)17-4-6-19(7-5-17)34-15-21-23(29-10-9-28-21)30-35(3,31)32/h4-7,9-10,12-13H,8,11,15H2,1-3H3,(H,29,30). The number of nitrogens with one attached hydrogen (secondary N) is 1. The van der Waals surface area contributed by atoms with Crippen molar-refractivity contribution in [2.45, 2.75) is 25.9 Å². The molecule has 0 fully saturated rings. The van der Waals surface area contributed by atoms with Crippen LogP contribution in [-0.4, -0.2) is 37.1 Å². The number of ether oxygens (including phenoxy) is 2. The van der Waals surface area contributed by atoms with E-state index < -0.39 is 15.4 Å². The number of benzene rings is 2. The van der Waals surface area contributed by atoms with Crippen LogP contribution in [-0.2, 0) is 22.0 Å². The van der Waals surface area contributed by atoms with Crippen LogP contribution in [0.3, 0.4) is 0 Å². The van der Waals surface area contributed by atoms with Gasteiger partial charge in [0.05, 0.1) is 22.7 Å². The monoisotopic (exact) mass is 534 g/mol. The first-order valence-electron chi connectivity index (χ1n) is 10.5. The van der Waals surface area contributed by atoms with Crippen LogP contribution in [0, 0.1) is 11.3 Å². The van der Waals surface area contributed by atoms with Crippen molar-refractivity contribution in [2.24, 2.45) is 0 Å². The van der Waals surface area contributed by atoms with Gasteiger partial charge in [-0.2, -0.15) is 5.26 Å². The number of anilines is 1. The molecule has 0 amide bonds. The Balaban J connectivity index is 1.79. The van der Waals surface area contributed by atoms with Crippen molar-refractivity contribution < 1.29 is 17.9 Å². The number of hydrogen-bond acceptors (Lipinski definition) is 7. The average Bonchev–Trinajstić information content (AvgIpc) is 2.81. The van der Waals surface area contributed by atoms with Crippen molar-refractivity contribution in [3.8, 4) is 17.6 Å². The zero-order valence-corrected chi connectivity index (χ0v) is 21.7. The van der Waals surface area contributed by atoms with Crippen molar-refractivity contribution in [1.82, 2.24) is 9.97 Å². The lowest BCUT2D eigenvalue weighted by molar-refractivity contribution is 0.301. The fourth-order valence-electron chi connectivity index (χ4n) is 3.34. The SMILES string of the molecule is CC(C)(c1ccc(OCc2nccnc2NS(C)(=O)=O)cc1)c1cc(Cl)c(OCCCl)c(C#N)c1. The van der Waals surface area contributed by atoms with Crippen molar-refractivity contribution in [2.75, 3.05) is 23.5 Å². The van der Waals surface area contributed by atoms with Gasteiger partial charge in [-0.15, -0.1) is 11.6 Å². The molecular formula is C24H24Cl2N4O4S. The molecular weight excluding hydrogens is 511 g/mol. The van der Waals surface area contributed by atoms with Gasteiger partial charge in [-0.3, -0.25) is 9.71 Å². The number of rotatable bonds is 10. The van der Waals surface area contributed by atoms with Crippen LogP contribution >= 0.6 is 23.2 Å². The number of aromatic nitrogens is 2. The molecule has 8 nitrogen and oxygen atoms in total. The third kappa shape index (κ3) is 6.75. The minimum absolute atomic E-state index is 0.0271. The molecule has 11 heteroatoms. The van der Waals surface area contributed by atoms with Gasteiger partial charge in [0, 0.05) is 17.8 Å². The summed E-state index contributed by atoms with van der Waals surface area (Å²) in [4.78, 5) is 8.17. The fraction of sp³-hybridized carbons (Fsp3) is 0.292. The third-order valence-corrected chi connectivity index (χ3v) is 6.22. The number of nitrogens with zero attached hydrogens (tertiary/aromatic N) is 3. The summed E-state index contributed by atoms with van der Waals surface area (Å²) in [6.45, 7) is 4.33. The molecule has 3 aromatic rings. The molecule has 0 aliphatic carbocycles. The molecule has 0 radical (unpaired) electrons. The maximum absolute atomic E-state index is 11.5. The van der Waals surface area contributed by atoms with E-state index in [-0.39, 0.29) is 24.9 Å². The van der Waals surface area contributed by atoms with E-state index in [1.54, 1.807) is 12.1 Å². The predicted molar refractivity (Wildman–Crippen MR) is 136 cm³/mol. The Kier molecular flexibility index (Phi) is 8.43. The van der Waals surface area contributed by atoms with Crippen molar-refractivity contribution in [1.29, 1.82) is 5.26 Å². The Morgan fingerprint density at radius 2 is 1.77 bits per heavy atom. The number of hydrogen-bond donors (Lipinski definition) is 1. The highest BCUT2D eigenvalue weighted by molar-refractivity contribution is 7.92. The molecule has 1 N–H and O–H groups in total. The summed E-state index contributed by atoms with van der Waals surface area (Å²) in [5, 5.41) is 9.94. The van der Waals surface area contributed by atoms with Gasteiger partial charge >= 0.3 is 0 Å². The summed E-state index contributed by atoms with van der Waals surface area (Å²) < 4.78 is 36.8. The molecule has 0 aliphatic heterocycles. The number of sulfonamides is 1. The van der Waals surface area contributed by atoms with Gasteiger partial charge in [0.1, 0.15) is 30.7 Å². The summed E-state index contributed by atoms with van der Waals surface area (Å²) in [5.41, 5.74) is 2.04. The van der Waals surface area contributed by atoms with Gasteiger partial charge in [-0.05, 0) is 35.4 Å². The largest absolute Gasteiger partial charge is 0.489 e. The highest BCUT2D eigenvalue weighted by Crippen LogP contribution is 2.38. The van der Waals surface area contributed by atoms with E-state index in [4.69, 9.17) is 32.7 Å². The Morgan fingerprint density at radius 3 is 2.40 bits per heavy atom. The second-order valence-corrected chi connectivity index (χ2v) is 10.7. The lowest BCUT2D eigenvalue weighted by atomic mass is 9.77. The van der Waals surface area contributed by atoms with E-state index in [2.05, 4.69) is 20.8 Å². The molecule has 3 rings (SSSR count). The highest BCUT2D eigenvalue weighted by atomic mass is 35.5. The smallest absolute Gasteiger partial charge is 0.231 e. The zero-order chi connectivity index (χ0) is 25.6. The highest BCUT2D eigenvalue weighted by Gasteiger charge is 2.26. The van der Waals surface area contributed by atoms with Gasteiger partial charge in [0.2, 0.25) is 10.0 Å². The molecule has 0 aliphatic rings. The summed E-state index contributed by atoms with van der Waals surface area (Å²) in [6, 6.07) is 13.2. The Bertz CT molecular complexity index is 1340. The second-order valence-electron chi connectivity index (χ2n) is 8.15. The van der Waals surface area contributed by atoms with E-state index >= 15 is 0 Å². The van der Waals surface area contributed by atoms with E-state index in [0.29, 0.717) is 27.8 Å². The molecule has 2 aromatic carbocycles. The molecule has 35 heavy (non-hydrogen) atoms. The summed E-state index contributed by atoms with van der Waals surface area (Å²) >= 11 is 12.1. The molecule has 0 atom stereocenters. The van der Waals surface area contributed by atoms with Crippen molar-refractivity contribution >= 4 is 39.0 Å². The summed E-state index contributed by atoms with van der Waals surface area (Å²) in [6.07, 6.45) is 3.90. The van der Waals surface area contributed by atoms with Crippen molar-refractivity contribution in [3.05, 3.63) is 76.2 Å². The first-order chi connectivity index (χ1) is 16.5. The normalized spacial score (nSPS) is 11.5. The Labute approximate surface area is 214 Å². The molecule has 1 heterocycles. The zero-order valence-electron chi connectivity index (χ0n) is 19.4. The van der Waals surface area contributed by atoms with Gasteiger partial charge in [0.25, 0.3) is 0 Å². The Morgan fingerprint density at radius 1 is 1.09 bits per heavy atom. The first-order valence-corrected chi connectivity index (χ1v) is 13.3. The lowest BCUT2D eigenvalue weighted by Gasteiger charge is -2.27. The van der Waals surface area contributed by atoms with E-state index in [1.165, 1.54) is 12.4 Å². The molecule has 184 valence electrons. The average molecular weight is 535 g/mol. The minimum Gasteiger partial charge on any atom is -0.489 e. The topological polar surface area (TPSA) is 114 Å². The third-order valence-electron chi connectivity index (χ3n) is 5.22. The number of halogens is 2. The lowest BCUT2D eigenvalue weighted by Crippen LogP contribution is -2.19. The van der Waals surface area contributed by atoms with E-state index in [1.807, 2.05) is 38.1 Å². The van der Waals surface area contributed by atoms with Crippen molar-refractivity contribution in [3.63, 3.8) is 0 Å². The first kappa shape index (κ1) is 26.5. The second kappa shape index (κ2) is 11.1. The van der Waals surface area contributed by atoms with Crippen LogP contribution in [0.15, 0.2) is 48.8 Å². The maximum Gasteiger partial charge on any atom is 0.231 e. The number of nitriles is 1. The molecule has 0 unspecified atom stereocenters. The quantitative estimate of drug-likeness (QED) is 0.368. The van der Waals surface area contributed by atoms with Crippen LogP contribution in [0.2, 0.25) is 5.02 Å². The maximum atomic E-state index is 11.5. The van der Waals surface area contributed by atoms with E-state index in [9.17, 15) is 13.7 Å². The Hall–Kier alpha value is -3.06. The van der Waals surface area contributed by atoms with Crippen LogP contribution in [0.5, 0.6) is 11.5 Å². The fourth-order valence-corrected chi connectivity index (χ4v) is 4.22. The summed E-state index contributed by atoms with van der Waals surface area (Å²) in [7, 11) is -3.50. The molecule has 0 spiro atoms. The number of alkyl halides is 1. The molecule has 0 bridgehead atoms. The van der Waals surface area contributed by atoms with Crippen LogP contribution in [0.1, 0.15) is 36.2 Å². The van der Waals surface area contributed by atoms with Gasteiger partial charge in [0.15, 0.2) is 11.6 Å². The summed E-state index contributed by atoms with van der Waals surface area (Å²) in [5.74, 6) is 1.30. The van der Waals surface area contributed by atoms with E-state index in [0.717, 1.165) is 17.4 Å². The van der Waals surface area contributed by atoms with Gasteiger partial charge in [-0.25, -0.2) is 13.4 Å². The van der Waals surface area contributed by atoms with Crippen LogP contribution in [0.25, 0.3) is 0 Å². The minimum atomic E-state index is -3.50.